The molecule has 0 rings (SSSR count). The molecule has 2 unspecified atom stereocenters. The van der Waals surface area contributed by atoms with Crippen LogP contribution in [0.3, 0.4) is 0 Å². The average Bonchev–Trinajstić information content (AvgIpc) is 2.10. The number of rotatable bonds is 6. The number of carbonyl (C=O) groups is 1. The molecule has 0 bridgehead atoms. The van der Waals surface area contributed by atoms with Crippen molar-refractivity contribution in [3.8, 4) is 0 Å². The van der Waals surface area contributed by atoms with E-state index in [-0.39, 0.29) is 17.6 Å². The van der Waals surface area contributed by atoms with E-state index in [2.05, 4.69) is 0 Å². The van der Waals surface area contributed by atoms with Gasteiger partial charge >= 0.3 is 5.97 Å². The zero-order valence-corrected chi connectivity index (χ0v) is 8.80. The van der Waals surface area contributed by atoms with Gasteiger partial charge in [-0.15, -0.1) is 0 Å². The summed E-state index contributed by atoms with van der Waals surface area (Å²) in [6.07, 6.45) is 1.19. The first-order valence-corrected chi connectivity index (χ1v) is 5.59. The summed E-state index contributed by atoms with van der Waals surface area (Å²) in [6.45, 7) is 4.04. The van der Waals surface area contributed by atoms with E-state index >= 15 is 0 Å². The Morgan fingerprint density at radius 3 is 2.69 bits per heavy atom. The lowest BCUT2D eigenvalue weighted by molar-refractivity contribution is -0.147. The van der Waals surface area contributed by atoms with Gasteiger partial charge in [-0.05, 0) is 12.8 Å². The smallest absolute Gasteiger partial charge is 0.308 e. The molecule has 0 aliphatic rings. The summed E-state index contributed by atoms with van der Waals surface area (Å²) < 4.78 is 23.6. The Labute approximate surface area is 80.9 Å². The van der Waals surface area contributed by atoms with Crippen molar-refractivity contribution in [1.29, 1.82) is 0 Å². The van der Waals surface area contributed by atoms with E-state index in [1.165, 1.54) is 0 Å². The van der Waals surface area contributed by atoms with E-state index in [1.807, 2.05) is 6.92 Å². The molecule has 0 saturated heterocycles. The van der Waals surface area contributed by atoms with Gasteiger partial charge in [-0.1, -0.05) is 13.8 Å². The Morgan fingerprint density at radius 2 is 2.23 bits per heavy atom. The molecule has 0 spiro atoms. The fourth-order valence-corrected chi connectivity index (χ4v) is 1.30. The highest BCUT2D eigenvalue weighted by Crippen LogP contribution is 2.05. The van der Waals surface area contributed by atoms with Crippen molar-refractivity contribution in [2.24, 2.45) is 5.92 Å². The van der Waals surface area contributed by atoms with Gasteiger partial charge in [0.2, 0.25) is 0 Å². The second kappa shape index (κ2) is 7.03. The lowest BCUT2D eigenvalue weighted by Crippen LogP contribution is -2.17. The predicted octanol–water partition coefficient (Wildman–Crippen LogP) is 1.19. The zero-order chi connectivity index (χ0) is 10.3. The number of esters is 1. The van der Waals surface area contributed by atoms with Crippen LogP contribution in [0.1, 0.15) is 26.7 Å². The first-order valence-electron chi connectivity index (χ1n) is 4.32. The molecule has 0 aromatic carbocycles. The van der Waals surface area contributed by atoms with E-state index in [4.69, 9.17) is 9.29 Å². The summed E-state index contributed by atoms with van der Waals surface area (Å²) in [7, 11) is 0. The van der Waals surface area contributed by atoms with Gasteiger partial charge in [-0.25, -0.2) is 4.21 Å². The molecule has 2 atom stereocenters. The number of hydrogen-bond acceptors (Lipinski definition) is 3. The monoisotopic (exact) mass is 208 g/mol. The molecule has 0 radical (unpaired) electrons. The third-order valence-corrected chi connectivity index (χ3v) is 2.16. The summed E-state index contributed by atoms with van der Waals surface area (Å²) >= 11 is -1.82. The second-order valence-electron chi connectivity index (χ2n) is 2.88. The van der Waals surface area contributed by atoms with Crippen LogP contribution in [-0.2, 0) is 20.6 Å². The van der Waals surface area contributed by atoms with Gasteiger partial charge in [0.05, 0.1) is 18.3 Å². The van der Waals surface area contributed by atoms with Crippen LogP contribution in [0.25, 0.3) is 0 Å². The highest BCUT2D eigenvalue weighted by Gasteiger charge is 2.14. The van der Waals surface area contributed by atoms with Gasteiger partial charge in [0, 0.05) is 0 Å². The minimum atomic E-state index is -1.82. The maximum atomic E-state index is 11.1. The van der Waals surface area contributed by atoms with E-state index in [0.717, 1.165) is 6.42 Å². The third kappa shape index (κ3) is 6.72. The Morgan fingerprint density at radius 1 is 1.62 bits per heavy atom. The molecule has 0 heterocycles. The van der Waals surface area contributed by atoms with E-state index < -0.39 is 11.1 Å². The lowest BCUT2D eigenvalue weighted by Gasteiger charge is -2.09. The lowest BCUT2D eigenvalue weighted by atomic mass is 10.1. The molecule has 0 aliphatic carbocycles. The number of ether oxygens (including phenoxy) is 1. The van der Waals surface area contributed by atoms with Crippen molar-refractivity contribution >= 4 is 17.0 Å². The first-order chi connectivity index (χ1) is 6.07. The van der Waals surface area contributed by atoms with Gasteiger partial charge in [-0.3, -0.25) is 4.79 Å². The summed E-state index contributed by atoms with van der Waals surface area (Å²) in [6, 6.07) is 0. The van der Waals surface area contributed by atoms with Gasteiger partial charge in [0.15, 0.2) is 11.1 Å². The van der Waals surface area contributed by atoms with Crippen LogP contribution in [0.4, 0.5) is 0 Å². The molecule has 0 aliphatic heterocycles. The molecule has 0 saturated carbocycles. The van der Waals surface area contributed by atoms with Gasteiger partial charge in [0.1, 0.15) is 0 Å². The van der Waals surface area contributed by atoms with Gasteiger partial charge < -0.3 is 9.29 Å². The summed E-state index contributed by atoms with van der Waals surface area (Å²) in [5.41, 5.74) is 0. The fourth-order valence-electron chi connectivity index (χ4n) is 0.740. The molecule has 0 amide bonds. The van der Waals surface area contributed by atoms with Crippen molar-refractivity contribution in [1.82, 2.24) is 0 Å². The summed E-state index contributed by atoms with van der Waals surface area (Å²) in [4.78, 5) is 11.1. The van der Waals surface area contributed by atoms with Crippen molar-refractivity contribution in [3.05, 3.63) is 0 Å². The molecule has 4 nitrogen and oxygen atoms in total. The highest BCUT2D eigenvalue weighted by atomic mass is 32.2. The second-order valence-corrected chi connectivity index (χ2v) is 3.93. The standard InChI is InChI=1S/C8H16O4S/c1-3-5-12-8(9)7(2)4-6-13(10)11/h7H,3-6H2,1-2H3,(H,10,11). The Balaban J connectivity index is 3.62. The molecule has 0 aromatic heterocycles. The minimum absolute atomic E-state index is 0.127. The van der Waals surface area contributed by atoms with Crippen molar-refractivity contribution < 1.29 is 18.3 Å². The molecule has 1 N–H and O–H groups in total. The maximum Gasteiger partial charge on any atom is 0.308 e. The zero-order valence-electron chi connectivity index (χ0n) is 7.99. The van der Waals surface area contributed by atoms with Crippen LogP contribution >= 0.6 is 0 Å². The molecule has 0 aromatic rings. The molecule has 0 fully saturated rings. The summed E-state index contributed by atoms with van der Waals surface area (Å²) in [5, 5.41) is 0. The topological polar surface area (TPSA) is 63.6 Å². The minimum Gasteiger partial charge on any atom is -0.465 e. The Hall–Kier alpha value is -0.420. The molecular weight excluding hydrogens is 192 g/mol. The van der Waals surface area contributed by atoms with E-state index in [9.17, 15) is 9.00 Å². The quantitative estimate of drug-likeness (QED) is 0.526. The van der Waals surface area contributed by atoms with Gasteiger partial charge in [0.25, 0.3) is 0 Å². The fraction of sp³-hybridized carbons (Fsp3) is 0.875. The Kier molecular flexibility index (Phi) is 6.80. The first kappa shape index (κ1) is 12.6. The molecular formula is C8H16O4S. The predicted molar refractivity (Wildman–Crippen MR) is 50.7 cm³/mol. The van der Waals surface area contributed by atoms with Crippen molar-refractivity contribution in [2.45, 2.75) is 26.7 Å². The van der Waals surface area contributed by atoms with Gasteiger partial charge in [-0.2, -0.15) is 0 Å². The Bertz CT molecular complexity index is 181. The van der Waals surface area contributed by atoms with Crippen LogP contribution < -0.4 is 0 Å². The summed E-state index contributed by atoms with van der Waals surface area (Å²) in [5.74, 6) is -0.447. The van der Waals surface area contributed by atoms with Crippen LogP contribution in [0.15, 0.2) is 0 Å². The SMILES string of the molecule is CCCOC(=O)C(C)CCS(=O)O. The van der Waals surface area contributed by atoms with E-state index in [0.29, 0.717) is 13.0 Å². The van der Waals surface area contributed by atoms with Crippen LogP contribution in [0.5, 0.6) is 0 Å². The average molecular weight is 208 g/mol. The number of hydrogen-bond donors (Lipinski definition) is 1. The van der Waals surface area contributed by atoms with Crippen molar-refractivity contribution in [3.63, 3.8) is 0 Å². The highest BCUT2D eigenvalue weighted by molar-refractivity contribution is 7.79. The van der Waals surface area contributed by atoms with E-state index in [1.54, 1.807) is 6.92 Å². The molecule has 5 heteroatoms. The maximum absolute atomic E-state index is 11.1. The van der Waals surface area contributed by atoms with Crippen LogP contribution in [-0.4, -0.2) is 27.1 Å². The van der Waals surface area contributed by atoms with Crippen LogP contribution in [0, 0.1) is 5.92 Å². The normalized spacial score (nSPS) is 15.0. The molecule has 78 valence electrons. The van der Waals surface area contributed by atoms with Crippen LogP contribution in [0.2, 0.25) is 0 Å². The van der Waals surface area contributed by atoms with Crippen molar-refractivity contribution in [2.75, 3.05) is 12.4 Å². The largest absolute Gasteiger partial charge is 0.465 e. The molecule has 13 heavy (non-hydrogen) atoms. The number of carbonyl (C=O) groups excluding carboxylic acids is 1. The third-order valence-electron chi connectivity index (χ3n) is 1.58.